The molecular weight excluding hydrogens is 236 g/mol. The lowest BCUT2D eigenvalue weighted by atomic mass is 9.94. The zero-order valence-electron chi connectivity index (χ0n) is 11.7. The Balaban J connectivity index is 1.75. The van der Waals surface area contributed by atoms with Crippen molar-refractivity contribution in [1.82, 2.24) is 4.90 Å². The molecule has 0 saturated carbocycles. The zero-order valence-corrected chi connectivity index (χ0v) is 11.7. The number of nitrogens with zero attached hydrogens (tertiary/aromatic N) is 1. The first-order chi connectivity index (χ1) is 9.16. The monoisotopic (exact) mass is 260 g/mol. The number of hydrogen-bond donors (Lipinski definition) is 1. The van der Waals surface area contributed by atoms with Gasteiger partial charge in [0.1, 0.15) is 0 Å². The summed E-state index contributed by atoms with van der Waals surface area (Å²) in [4.78, 5) is 13.6. The van der Waals surface area contributed by atoms with E-state index in [0.717, 1.165) is 32.4 Å². The lowest BCUT2D eigenvalue weighted by Gasteiger charge is -2.35. The summed E-state index contributed by atoms with van der Waals surface area (Å²) in [6.07, 6.45) is 4.14. The van der Waals surface area contributed by atoms with Crippen LogP contribution in [0.25, 0.3) is 0 Å². The van der Waals surface area contributed by atoms with Gasteiger partial charge in [-0.2, -0.15) is 0 Å². The second-order valence-corrected chi connectivity index (χ2v) is 5.59. The fourth-order valence-electron chi connectivity index (χ4n) is 2.83. The first-order valence-corrected chi connectivity index (χ1v) is 7.24. The Hall–Kier alpha value is -1.35. The van der Waals surface area contributed by atoms with Crippen LogP contribution in [0.5, 0.6) is 0 Å². The Morgan fingerprint density at radius 3 is 2.53 bits per heavy atom. The molecule has 1 saturated heterocycles. The smallest absolute Gasteiger partial charge is 0.220 e. The molecule has 1 atom stereocenters. The van der Waals surface area contributed by atoms with E-state index in [1.54, 1.807) is 0 Å². The van der Waals surface area contributed by atoms with Crippen LogP contribution >= 0.6 is 0 Å². The molecule has 104 valence electrons. The molecule has 1 unspecified atom stereocenters. The number of primary amides is 1. The van der Waals surface area contributed by atoms with Gasteiger partial charge in [0.05, 0.1) is 0 Å². The minimum Gasteiger partial charge on any atom is -0.369 e. The average Bonchev–Trinajstić information content (AvgIpc) is 2.46. The van der Waals surface area contributed by atoms with Crippen molar-refractivity contribution in [3.8, 4) is 0 Å². The molecule has 1 fully saturated rings. The van der Waals surface area contributed by atoms with Gasteiger partial charge in [-0.15, -0.1) is 0 Å². The number of nitrogens with two attached hydrogens (primary N) is 1. The molecule has 3 nitrogen and oxygen atoms in total. The third-order valence-electron chi connectivity index (χ3n) is 4.25. The number of hydrogen-bond acceptors (Lipinski definition) is 2. The van der Waals surface area contributed by atoms with Crippen LogP contribution in [0.3, 0.4) is 0 Å². The Kier molecular flexibility index (Phi) is 4.97. The molecule has 1 aromatic carbocycles. The lowest BCUT2D eigenvalue weighted by molar-refractivity contribution is -0.123. The highest BCUT2D eigenvalue weighted by Gasteiger charge is 2.25. The van der Waals surface area contributed by atoms with Crippen LogP contribution < -0.4 is 5.73 Å². The number of aryl methyl sites for hydroxylation is 1. The van der Waals surface area contributed by atoms with Crippen molar-refractivity contribution in [3.05, 3.63) is 35.9 Å². The van der Waals surface area contributed by atoms with E-state index in [2.05, 4.69) is 42.2 Å². The predicted molar refractivity (Wildman–Crippen MR) is 77.7 cm³/mol. The van der Waals surface area contributed by atoms with E-state index in [1.165, 1.54) is 12.0 Å². The van der Waals surface area contributed by atoms with Crippen LogP contribution in [0.1, 0.15) is 31.7 Å². The Morgan fingerprint density at radius 1 is 1.32 bits per heavy atom. The summed E-state index contributed by atoms with van der Waals surface area (Å²) in [7, 11) is 0. The molecule has 0 aromatic heterocycles. The molecule has 1 aliphatic rings. The second-order valence-electron chi connectivity index (χ2n) is 5.59. The van der Waals surface area contributed by atoms with Gasteiger partial charge in [0.25, 0.3) is 0 Å². The summed E-state index contributed by atoms with van der Waals surface area (Å²) in [6.45, 7) is 4.29. The fraction of sp³-hybridized carbons (Fsp3) is 0.562. The molecule has 1 aliphatic heterocycles. The topological polar surface area (TPSA) is 46.3 Å². The van der Waals surface area contributed by atoms with Gasteiger partial charge < -0.3 is 10.6 Å². The quantitative estimate of drug-likeness (QED) is 0.882. The summed E-state index contributed by atoms with van der Waals surface area (Å²) in [5.41, 5.74) is 6.77. The minimum absolute atomic E-state index is 0.0950. The van der Waals surface area contributed by atoms with E-state index in [9.17, 15) is 4.79 Å². The highest BCUT2D eigenvalue weighted by atomic mass is 16.1. The number of piperidine rings is 1. The summed E-state index contributed by atoms with van der Waals surface area (Å²) in [5, 5.41) is 0. The maximum atomic E-state index is 11.1. The van der Waals surface area contributed by atoms with Crippen LogP contribution in [0.15, 0.2) is 30.3 Å². The number of benzene rings is 1. The van der Waals surface area contributed by atoms with Gasteiger partial charge in [0, 0.05) is 12.0 Å². The second kappa shape index (κ2) is 6.71. The van der Waals surface area contributed by atoms with E-state index in [-0.39, 0.29) is 11.8 Å². The van der Waals surface area contributed by atoms with Crippen LogP contribution in [0.4, 0.5) is 0 Å². The highest BCUT2D eigenvalue weighted by molar-refractivity contribution is 5.76. The SMILES string of the molecule is CC(CCc1ccccc1)N1CCC(C(N)=O)CC1. The van der Waals surface area contributed by atoms with Crippen LogP contribution in [0, 0.1) is 5.92 Å². The van der Waals surface area contributed by atoms with Gasteiger partial charge in [0.2, 0.25) is 5.91 Å². The van der Waals surface area contributed by atoms with Crippen LogP contribution in [-0.4, -0.2) is 29.9 Å². The molecule has 0 aliphatic carbocycles. The lowest BCUT2D eigenvalue weighted by Crippen LogP contribution is -2.43. The third-order valence-corrected chi connectivity index (χ3v) is 4.25. The van der Waals surface area contributed by atoms with E-state index < -0.39 is 0 Å². The van der Waals surface area contributed by atoms with E-state index in [1.807, 2.05) is 0 Å². The van der Waals surface area contributed by atoms with Crippen molar-refractivity contribution in [2.75, 3.05) is 13.1 Å². The van der Waals surface area contributed by atoms with E-state index in [4.69, 9.17) is 5.73 Å². The first-order valence-electron chi connectivity index (χ1n) is 7.24. The van der Waals surface area contributed by atoms with Gasteiger partial charge in [-0.3, -0.25) is 4.79 Å². The molecule has 0 spiro atoms. The molecule has 19 heavy (non-hydrogen) atoms. The van der Waals surface area contributed by atoms with Crippen molar-refractivity contribution in [1.29, 1.82) is 0 Å². The first kappa shape index (κ1) is 14.1. The molecular formula is C16H24N2O. The molecule has 2 N–H and O–H groups in total. The molecule has 2 rings (SSSR count). The van der Waals surface area contributed by atoms with Gasteiger partial charge in [0.15, 0.2) is 0 Å². The molecule has 0 bridgehead atoms. The minimum atomic E-state index is -0.128. The number of rotatable bonds is 5. The third kappa shape index (κ3) is 4.06. The Labute approximate surface area is 115 Å². The molecule has 1 aromatic rings. The summed E-state index contributed by atoms with van der Waals surface area (Å²) in [6, 6.07) is 11.2. The molecule has 1 heterocycles. The largest absolute Gasteiger partial charge is 0.369 e. The van der Waals surface area contributed by atoms with Gasteiger partial charge in [-0.05, 0) is 51.3 Å². The maximum Gasteiger partial charge on any atom is 0.220 e. The number of amides is 1. The highest BCUT2D eigenvalue weighted by Crippen LogP contribution is 2.20. The van der Waals surface area contributed by atoms with Gasteiger partial charge in [-0.25, -0.2) is 0 Å². The van der Waals surface area contributed by atoms with Crippen LogP contribution in [-0.2, 0) is 11.2 Å². The maximum absolute atomic E-state index is 11.1. The van der Waals surface area contributed by atoms with Gasteiger partial charge >= 0.3 is 0 Å². The van der Waals surface area contributed by atoms with Crippen LogP contribution in [0.2, 0.25) is 0 Å². The van der Waals surface area contributed by atoms with E-state index >= 15 is 0 Å². The van der Waals surface area contributed by atoms with Crippen molar-refractivity contribution < 1.29 is 4.79 Å². The summed E-state index contributed by atoms with van der Waals surface area (Å²) >= 11 is 0. The Bertz CT molecular complexity index is 396. The summed E-state index contributed by atoms with van der Waals surface area (Å²) < 4.78 is 0. The van der Waals surface area contributed by atoms with Crippen molar-refractivity contribution in [3.63, 3.8) is 0 Å². The van der Waals surface area contributed by atoms with Gasteiger partial charge in [-0.1, -0.05) is 30.3 Å². The van der Waals surface area contributed by atoms with Crippen molar-refractivity contribution in [2.45, 2.75) is 38.6 Å². The predicted octanol–water partition coefficient (Wildman–Crippen LogP) is 2.21. The zero-order chi connectivity index (χ0) is 13.7. The van der Waals surface area contributed by atoms with Crippen molar-refractivity contribution >= 4 is 5.91 Å². The number of likely N-dealkylation sites (tertiary alicyclic amines) is 1. The average molecular weight is 260 g/mol. The molecule has 0 radical (unpaired) electrons. The van der Waals surface area contributed by atoms with Crippen molar-refractivity contribution in [2.24, 2.45) is 11.7 Å². The number of carbonyl (C=O) groups excluding carboxylic acids is 1. The number of carbonyl (C=O) groups is 1. The normalized spacial score (nSPS) is 19.2. The Morgan fingerprint density at radius 2 is 1.95 bits per heavy atom. The summed E-state index contributed by atoms with van der Waals surface area (Å²) in [5.74, 6) is -0.0332. The van der Waals surface area contributed by atoms with E-state index in [0.29, 0.717) is 6.04 Å². The fourth-order valence-corrected chi connectivity index (χ4v) is 2.83. The molecule has 1 amide bonds. The standard InChI is InChI=1S/C16H24N2O/c1-13(7-8-14-5-3-2-4-6-14)18-11-9-15(10-12-18)16(17)19/h2-6,13,15H,7-12H2,1H3,(H2,17,19). The molecule has 3 heteroatoms.